The fraction of sp³-hybridized carbons (Fsp3) is 0.750. The first kappa shape index (κ1) is 11.0. The molecular formula is C4H11NO4. The summed E-state index contributed by atoms with van der Waals surface area (Å²) in [4.78, 5) is 8.56. The van der Waals surface area contributed by atoms with Crippen LogP contribution < -0.4 is 6.15 Å². The number of hydrogen-bond donors (Lipinski definition) is 3. The predicted octanol–water partition coefficient (Wildman–Crippen LogP) is 0.789. The molecule has 0 aromatic heterocycles. The van der Waals surface area contributed by atoms with Crippen LogP contribution in [-0.4, -0.2) is 29.1 Å². The first-order valence-corrected chi connectivity index (χ1v) is 2.16. The summed E-state index contributed by atoms with van der Waals surface area (Å²) in [7, 11) is 0. The van der Waals surface area contributed by atoms with Crippen molar-refractivity contribution in [2.24, 2.45) is 0 Å². The molecule has 5 heteroatoms. The number of carboxylic acid groups (broad SMARTS) is 2. The molecule has 1 heterocycles. The van der Waals surface area contributed by atoms with E-state index >= 15 is 0 Å². The number of carbonyl (C=O) groups is 1. The van der Waals surface area contributed by atoms with Gasteiger partial charge in [-0.25, -0.2) is 4.79 Å². The van der Waals surface area contributed by atoms with Gasteiger partial charge in [-0.05, 0) is 6.92 Å². The van der Waals surface area contributed by atoms with Crippen molar-refractivity contribution in [1.29, 1.82) is 0 Å². The Bertz CT molecular complexity index is 76.6. The van der Waals surface area contributed by atoms with E-state index in [0.29, 0.717) is 6.10 Å². The molecule has 1 fully saturated rings. The summed E-state index contributed by atoms with van der Waals surface area (Å²) >= 11 is 0. The zero-order chi connectivity index (χ0) is 6.57. The molecule has 1 atom stereocenters. The second kappa shape index (κ2) is 5.33. The van der Waals surface area contributed by atoms with Crippen LogP contribution in [0.3, 0.4) is 0 Å². The molecule has 0 aromatic carbocycles. The van der Waals surface area contributed by atoms with Gasteiger partial charge in [-0.3, -0.25) is 0 Å². The first-order chi connectivity index (χ1) is 3.63. The van der Waals surface area contributed by atoms with Crippen molar-refractivity contribution in [1.82, 2.24) is 6.15 Å². The Labute approximate surface area is 52.8 Å². The standard InChI is InChI=1S/C3H6O.CH2O3.H3N/c1-3-2-4-3;2-1(3)4;/h3H,2H2,1H3;(H2,2,3,4);1H3. The molecule has 0 radical (unpaired) electrons. The Kier molecular flexibility index (Phi) is 6.54. The van der Waals surface area contributed by atoms with Crippen LogP contribution in [0.5, 0.6) is 0 Å². The van der Waals surface area contributed by atoms with Crippen molar-refractivity contribution in [2.75, 3.05) is 6.61 Å². The van der Waals surface area contributed by atoms with E-state index in [0.717, 1.165) is 6.61 Å². The molecule has 0 bridgehead atoms. The lowest BCUT2D eigenvalue weighted by atomic mass is 10.6. The zero-order valence-corrected chi connectivity index (χ0v) is 5.20. The third-order valence-corrected chi connectivity index (χ3v) is 0.500. The Morgan fingerprint density at radius 1 is 1.67 bits per heavy atom. The van der Waals surface area contributed by atoms with Crippen LogP contribution >= 0.6 is 0 Å². The molecule has 1 rings (SSSR count). The summed E-state index contributed by atoms with van der Waals surface area (Å²) in [6, 6.07) is 0. The van der Waals surface area contributed by atoms with Crippen LogP contribution in [0.15, 0.2) is 0 Å². The van der Waals surface area contributed by atoms with E-state index in [9.17, 15) is 0 Å². The minimum absolute atomic E-state index is 0. The lowest BCUT2D eigenvalue weighted by molar-refractivity contribution is 0.137. The number of rotatable bonds is 0. The summed E-state index contributed by atoms with van der Waals surface area (Å²) in [6.45, 7) is 3.04. The topological polar surface area (TPSA) is 105 Å². The molecule has 0 spiro atoms. The highest BCUT2D eigenvalue weighted by Gasteiger charge is 2.13. The van der Waals surface area contributed by atoms with Crippen LogP contribution in [-0.2, 0) is 4.74 Å². The van der Waals surface area contributed by atoms with E-state index in [4.69, 9.17) is 19.7 Å². The van der Waals surface area contributed by atoms with Gasteiger partial charge in [0.2, 0.25) is 0 Å². The Morgan fingerprint density at radius 2 is 1.78 bits per heavy atom. The van der Waals surface area contributed by atoms with Gasteiger partial charge in [-0.1, -0.05) is 0 Å². The molecule has 0 amide bonds. The lowest BCUT2D eigenvalue weighted by Gasteiger charge is -1.60. The average molecular weight is 137 g/mol. The van der Waals surface area contributed by atoms with Crippen molar-refractivity contribution < 1.29 is 19.7 Å². The van der Waals surface area contributed by atoms with E-state index in [2.05, 4.69) is 6.92 Å². The average Bonchev–Trinajstić information content (AvgIpc) is 2.19. The number of hydrogen-bond acceptors (Lipinski definition) is 3. The van der Waals surface area contributed by atoms with Crippen molar-refractivity contribution >= 4 is 6.16 Å². The minimum atomic E-state index is -1.83. The molecule has 1 unspecified atom stereocenters. The van der Waals surface area contributed by atoms with E-state index < -0.39 is 6.16 Å². The van der Waals surface area contributed by atoms with E-state index in [1.54, 1.807) is 0 Å². The molecular weight excluding hydrogens is 126 g/mol. The molecule has 9 heavy (non-hydrogen) atoms. The highest BCUT2D eigenvalue weighted by molar-refractivity contribution is 5.53. The predicted molar refractivity (Wildman–Crippen MR) is 31.1 cm³/mol. The van der Waals surface area contributed by atoms with E-state index in [1.807, 2.05) is 0 Å². The Balaban J connectivity index is 0. The summed E-state index contributed by atoms with van der Waals surface area (Å²) in [6.07, 6.45) is -1.25. The molecule has 1 aliphatic heterocycles. The van der Waals surface area contributed by atoms with Crippen molar-refractivity contribution in [3.63, 3.8) is 0 Å². The van der Waals surface area contributed by atoms with Crippen LogP contribution in [0.4, 0.5) is 4.79 Å². The van der Waals surface area contributed by atoms with Crippen LogP contribution in [0.2, 0.25) is 0 Å². The largest absolute Gasteiger partial charge is 0.503 e. The van der Waals surface area contributed by atoms with Crippen LogP contribution in [0.1, 0.15) is 6.92 Å². The zero-order valence-electron chi connectivity index (χ0n) is 5.20. The molecule has 1 aliphatic rings. The van der Waals surface area contributed by atoms with Gasteiger partial charge in [0.1, 0.15) is 0 Å². The SMILES string of the molecule is CC1CO1.N.O=C(O)O. The molecule has 5 N–H and O–H groups in total. The maximum Gasteiger partial charge on any atom is 0.503 e. The van der Waals surface area contributed by atoms with Gasteiger partial charge >= 0.3 is 6.16 Å². The molecule has 0 aliphatic carbocycles. The van der Waals surface area contributed by atoms with Crippen molar-refractivity contribution in [3.05, 3.63) is 0 Å². The van der Waals surface area contributed by atoms with E-state index in [-0.39, 0.29) is 6.15 Å². The van der Waals surface area contributed by atoms with Gasteiger partial charge in [0.15, 0.2) is 0 Å². The summed E-state index contributed by atoms with van der Waals surface area (Å²) in [5.74, 6) is 0. The van der Waals surface area contributed by atoms with Gasteiger partial charge in [-0.15, -0.1) is 0 Å². The van der Waals surface area contributed by atoms with Gasteiger partial charge in [0, 0.05) is 0 Å². The fourth-order valence-electron chi connectivity index (χ4n) is 0.0962. The Hall–Kier alpha value is -0.810. The Morgan fingerprint density at radius 3 is 1.78 bits per heavy atom. The minimum Gasteiger partial charge on any atom is -0.450 e. The smallest absolute Gasteiger partial charge is 0.450 e. The van der Waals surface area contributed by atoms with Crippen molar-refractivity contribution in [3.8, 4) is 0 Å². The molecule has 5 nitrogen and oxygen atoms in total. The van der Waals surface area contributed by atoms with Gasteiger partial charge < -0.3 is 21.1 Å². The maximum absolute atomic E-state index is 8.56. The summed E-state index contributed by atoms with van der Waals surface area (Å²) in [5, 5.41) is 13.9. The summed E-state index contributed by atoms with van der Waals surface area (Å²) < 4.78 is 4.71. The maximum atomic E-state index is 8.56. The number of epoxide rings is 1. The highest BCUT2D eigenvalue weighted by atomic mass is 16.6. The molecule has 0 aromatic rings. The van der Waals surface area contributed by atoms with Gasteiger partial charge in [0.25, 0.3) is 0 Å². The first-order valence-electron chi connectivity index (χ1n) is 2.16. The summed E-state index contributed by atoms with van der Waals surface area (Å²) in [5.41, 5.74) is 0. The number of ether oxygens (including phenoxy) is 1. The van der Waals surface area contributed by atoms with Crippen LogP contribution in [0.25, 0.3) is 0 Å². The molecule has 56 valence electrons. The third-order valence-electron chi connectivity index (χ3n) is 0.500. The highest BCUT2D eigenvalue weighted by Crippen LogP contribution is 2.04. The quantitative estimate of drug-likeness (QED) is 0.428. The normalized spacial score (nSPS) is 20.3. The van der Waals surface area contributed by atoms with Gasteiger partial charge in [0.05, 0.1) is 12.7 Å². The van der Waals surface area contributed by atoms with Crippen molar-refractivity contribution in [2.45, 2.75) is 13.0 Å². The second-order valence-corrected chi connectivity index (χ2v) is 1.43. The second-order valence-electron chi connectivity index (χ2n) is 1.43. The van der Waals surface area contributed by atoms with E-state index in [1.165, 1.54) is 0 Å². The van der Waals surface area contributed by atoms with Gasteiger partial charge in [-0.2, -0.15) is 0 Å². The fourth-order valence-corrected chi connectivity index (χ4v) is 0.0962. The molecule has 1 saturated heterocycles. The third kappa shape index (κ3) is 40.4. The lowest BCUT2D eigenvalue weighted by Crippen LogP contribution is -1.81. The van der Waals surface area contributed by atoms with Crippen LogP contribution in [0, 0.1) is 0 Å². The molecule has 0 saturated carbocycles. The monoisotopic (exact) mass is 137 g/mol.